The Bertz CT molecular complexity index is 727. The predicted octanol–water partition coefficient (Wildman–Crippen LogP) is 5.05. The SMILES string of the molecule is CC(C)(C)OC(=O)NC(c1cccc(Cl)c1)(C1CCCCC1)N1CCOC1=O. The minimum atomic E-state index is -1.05. The van der Waals surface area contributed by atoms with Gasteiger partial charge in [0.25, 0.3) is 0 Å². The van der Waals surface area contributed by atoms with Crippen molar-refractivity contribution in [3.63, 3.8) is 0 Å². The highest BCUT2D eigenvalue weighted by molar-refractivity contribution is 6.30. The zero-order chi connectivity index (χ0) is 20.4. The van der Waals surface area contributed by atoms with Gasteiger partial charge < -0.3 is 9.47 Å². The van der Waals surface area contributed by atoms with Gasteiger partial charge in [-0.3, -0.25) is 10.2 Å². The van der Waals surface area contributed by atoms with E-state index in [1.54, 1.807) is 11.0 Å². The van der Waals surface area contributed by atoms with Crippen LogP contribution in [0.3, 0.4) is 0 Å². The summed E-state index contributed by atoms with van der Waals surface area (Å²) in [5, 5.41) is 3.63. The molecule has 1 saturated carbocycles. The minimum absolute atomic E-state index is 0.0397. The van der Waals surface area contributed by atoms with E-state index in [9.17, 15) is 9.59 Å². The van der Waals surface area contributed by atoms with Crippen molar-refractivity contribution in [2.75, 3.05) is 13.2 Å². The monoisotopic (exact) mass is 408 g/mol. The zero-order valence-electron chi connectivity index (χ0n) is 16.8. The molecular weight excluding hydrogens is 380 g/mol. The second kappa shape index (κ2) is 8.19. The summed E-state index contributed by atoms with van der Waals surface area (Å²) in [5.41, 5.74) is -0.930. The van der Waals surface area contributed by atoms with Crippen LogP contribution in [0.4, 0.5) is 9.59 Å². The Hall–Kier alpha value is -1.95. The van der Waals surface area contributed by atoms with E-state index in [-0.39, 0.29) is 5.92 Å². The molecule has 0 radical (unpaired) electrons. The van der Waals surface area contributed by atoms with Gasteiger partial charge in [-0.2, -0.15) is 0 Å². The van der Waals surface area contributed by atoms with Gasteiger partial charge in [-0.15, -0.1) is 0 Å². The summed E-state index contributed by atoms with van der Waals surface area (Å²) in [6, 6.07) is 7.35. The Balaban J connectivity index is 2.10. The van der Waals surface area contributed by atoms with Crippen molar-refractivity contribution < 1.29 is 19.1 Å². The molecule has 1 unspecified atom stereocenters. The molecule has 1 heterocycles. The molecule has 0 aromatic heterocycles. The number of rotatable bonds is 4. The molecule has 2 aliphatic rings. The third-order valence-electron chi connectivity index (χ3n) is 5.34. The fourth-order valence-electron chi connectivity index (χ4n) is 4.27. The lowest BCUT2D eigenvalue weighted by Crippen LogP contribution is -2.63. The molecule has 2 amide bonds. The topological polar surface area (TPSA) is 67.9 Å². The molecule has 2 fully saturated rings. The Morgan fingerprint density at radius 3 is 2.54 bits per heavy atom. The predicted molar refractivity (Wildman–Crippen MR) is 107 cm³/mol. The van der Waals surface area contributed by atoms with E-state index in [1.807, 2.05) is 39.0 Å². The quantitative estimate of drug-likeness (QED) is 0.756. The Morgan fingerprint density at radius 1 is 1.25 bits per heavy atom. The highest BCUT2D eigenvalue weighted by atomic mass is 35.5. The molecule has 3 rings (SSSR count). The molecule has 1 saturated heterocycles. The smallest absolute Gasteiger partial charge is 0.412 e. The first-order valence-corrected chi connectivity index (χ1v) is 10.3. The fourth-order valence-corrected chi connectivity index (χ4v) is 4.46. The number of nitrogens with zero attached hydrogens (tertiary/aromatic N) is 1. The molecule has 0 bridgehead atoms. The summed E-state index contributed by atoms with van der Waals surface area (Å²) in [5.74, 6) is 0.0397. The number of nitrogens with one attached hydrogen (secondary N) is 1. The van der Waals surface area contributed by atoms with E-state index in [4.69, 9.17) is 21.1 Å². The van der Waals surface area contributed by atoms with Crippen LogP contribution in [-0.4, -0.2) is 35.8 Å². The number of halogens is 1. The molecule has 7 heteroatoms. The average Bonchev–Trinajstić information content (AvgIpc) is 3.05. The van der Waals surface area contributed by atoms with Gasteiger partial charge in [0, 0.05) is 10.9 Å². The highest BCUT2D eigenvalue weighted by Gasteiger charge is 2.52. The summed E-state index contributed by atoms with van der Waals surface area (Å²) in [6.07, 6.45) is 4.05. The van der Waals surface area contributed by atoms with Crippen molar-refractivity contribution in [3.8, 4) is 0 Å². The van der Waals surface area contributed by atoms with Crippen LogP contribution in [0.5, 0.6) is 0 Å². The van der Waals surface area contributed by atoms with Gasteiger partial charge in [-0.1, -0.05) is 43.0 Å². The maximum atomic E-state index is 12.9. The number of carbonyl (C=O) groups is 2. The second-order valence-corrected chi connectivity index (χ2v) is 8.94. The number of cyclic esters (lactones) is 1. The van der Waals surface area contributed by atoms with E-state index >= 15 is 0 Å². The summed E-state index contributed by atoms with van der Waals surface area (Å²) in [6.45, 7) is 6.15. The van der Waals surface area contributed by atoms with Gasteiger partial charge in [0.15, 0.2) is 5.66 Å². The normalized spacial score (nSPS) is 20.4. The Labute approximate surface area is 171 Å². The number of ether oxygens (including phenoxy) is 2. The van der Waals surface area contributed by atoms with Crippen molar-refractivity contribution in [1.82, 2.24) is 10.2 Å². The zero-order valence-corrected chi connectivity index (χ0v) is 17.6. The van der Waals surface area contributed by atoms with E-state index in [0.717, 1.165) is 37.7 Å². The molecule has 1 aliphatic heterocycles. The molecule has 1 atom stereocenters. The second-order valence-electron chi connectivity index (χ2n) is 8.50. The molecule has 154 valence electrons. The van der Waals surface area contributed by atoms with Crippen molar-refractivity contribution >= 4 is 23.8 Å². The van der Waals surface area contributed by atoms with Crippen LogP contribution in [0.1, 0.15) is 58.4 Å². The van der Waals surface area contributed by atoms with Crippen LogP contribution < -0.4 is 5.32 Å². The van der Waals surface area contributed by atoms with Gasteiger partial charge in [0.1, 0.15) is 12.2 Å². The minimum Gasteiger partial charge on any atom is -0.447 e. The Kier molecular flexibility index (Phi) is 6.08. The van der Waals surface area contributed by atoms with Crippen LogP contribution in [-0.2, 0) is 15.1 Å². The molecule has 1 N–H and O–H groups in total. The number of hydrogen-bond donors (Lipinski definition) is 1. The number of hydrogen-bond acceptors (Lipinski definition) is 4. The van der Waals surface area contributed by atoms with E-state index < -0.39 is 23.5 Å². The third kappa shape index (κ3) is 4.37. The first-order chi connectivity index (χ1) is 13.2. The van der Waals surface area contributed by atoms with Gasteiger partial charge in [-0.25, -0.2) is 9.59 Å². The van der Waals surface area contributed by atoms with E-state index in [2.05, 4.69) is 5.32 Å². The van der Waals surface area contributed by atoms with Gasteiger partial charge in [-0.05, 0) is 51.3 Å². The number of amides is 2. The third-order valence-corrected chi connectivity index (χ3v) is 5.57. The standard InChI is InChI=1S/C21H29ClN2O4/c1-20(2,3)28-18(25)23-21(15-8-5-4-6-9-15,24-12-13-27-19(24)26)16-10-7-11-17(22)14-16/h7,10-11,14-15H,4-6,8-9,12-13H2,1-3H3,(H,23,25). The van der Waals surface area contributed by atoms with Gasteiger partial charge >= 0.3 is 12.2 Å². The van der Waals surface area contributed by atoms with Crippen LogP contribution >= 0.6 is 11.6 Å². The highest BCUT2D eigenvalue weighted by Crippen LogP contribution is 2.44. The van der Waals surface area contributed by atoms with Crippen LogP contribution in [0.15, 0.2) is 24.3 Å². The lowest BCUT2D eigenvalue weighted by molar-refractivity contribution is -0.00489. The van der Waals surface area contributed by atoms with Gasteiger partial charge in [0.05, 0.1) is 6.54 Å². The maximum Gasteiger partial charge on any atom is 0.412 e. The molecule has 1 aliphatic carbocycles. The molecule has 1 aromatic carbocycles. The first kappa shape index (κ1) is 20.8. The number of alkyl carbamates (subject to hydrolysis) is 1. The van der Waals surface area contributed by atoms with Crippen LogP contribution in [0.2, 0.25) is 5.02 Å². The number of benzene rings is 1. The summed E-state index contributed by atoms with van der Waals surface area (Å²) in [4.78, 5) is 27.2. The summed E-state index contributed by atoms with van der Waals surface area (Å²) in [7, 11) is 0. The molecule has 6 nitrogen and oxygen atoms in total. The number of carbonyl (C=O) groups excluding carboxylic acids is 2. The lowest BCUT2D eigenvalue weighted by atomic mass is 9.75. The van der Waals surface area contributed by atoms with Crippen molar-refractivity contribution in [2.24, 2.45) is 5.92 Å². The Morgan fingerprint density at radius 2 is 1.96 bits per heavy atom. The van der Waals surface area contributed by atoms with Gasteiger partial charge in [0.2, 0.25) is 0 Å². The largest absolute Gasteiger partial charge is 0.447 e. The van der Waals surface area contributed by atoms with E-state index in [0.29, 0.717) is 18.2 Å². The van der Waals surface area contributed by atoms with Crippen molar-refractivity contribution in [2.45, 2.75) is 64.1 Å². The molecule has 0 spiro atoms. The molecule has 1 aromatic rings. The lowest BCUT2D eigenvalue weighted by Gasteiger charge is -2.48. The average molecular weight is 409 g/mol. The van der Waals surface area contributed by atoms with Crippen LogP contribution in [0.25, 0.3) is 0 Å². The molecule has 28 heavy (non-hydrogen) atoms. The first-order valence-electron chi connectivity index (χ1n) is 9.94. The van der Waals surface area contributed by atoms with E-state index in [1.165, 1.54) is 0 Å². The van der Waals surface area contributed by atoms with Crippen molar-refractivity contribution in [3.05, 3.63) is 34.9 Å². The van der Waals surface area contributed by atoms with Crippen LogP contribution in [0, 0.1) is 5.92 Å². The fraction of sp³-hybridized carbons (Fsp3) is 0.619. The van der Waals surface area contributed by atoms with Crippen molar-refractivity contribution in [1.29, 1.82) is 0 Å². The summed E-state index contributed by atoms with van der Waals surface area (Å²) >= 11 is 6.30. The molecular formula is C21H29ClN2O4. The summed E-state index contributed by atoms with van der Waals surface area (Å²) < 4.78 is 10.8. The maximum absolute atomic E-state index is 12.9.